The van der Waals surface area contributed by atoms with Crippen molar-refractivity contribution in [2.24, 2.45) is 0 Å². The predicted molar refractivity (Wildman–Crippen MR) is 55.7 cm³/mol. The van der Waals surface area contributed by atoms with E-state index in [2.05, 4.69) is 21.2 Å². The van der Waals surface area contributed by atoms with E-state index in [0.29, 0.717) is 6.07 Å². The first-order valence-corrected chi connectivity index (χ1v) is 4.86. The lowest BCUT2D eigenvalue weighted by Gasteiger charge is -2.08. The van der Waals surface area contributed by atoms with Gasteiger partial charge in [0.2, 0.25) is 0 Å². The maximum atomic E-state index is 13.3. The third-order valence-corrected chi connectivity index (χ3v) is 2.56. The van der Waals surface area contributed by atoms with Gasteiger partial charge in [0.15, 0.2) is 17.3 Å². The Kier molecular flexibility index (Phi) is 3.65. The third kappa shape index (κ3) is 2.27. The molecule has 0 amide bonds. The van der Waals surface area contributed by atoms with Crippen LogP contribution in [0.15, 0.2) is 10.5 Å². The summed E-state index contributed by atoms with van der Waals surface area (Å²) in [5, 5.41) is 20.9. The summed E-state index contributed by atoms with van der Waals surface area (Å²) in [7, 11) is 1.55. The van der Waals surface area contributed by atoms with Gasteiger partial charge in [-0.15, -0.1) is 0 Å². The molecule has 1 rings (SSSR count). The lowest BCUT2D eigenvalue weighted by molar-refractivity contribution is 0.0988. The molecule has 15 heavy (non-hydrogen) atoms. The number of hydrogen-bond donors (Lipinski definition) is 3. The maximum Gasteiger partial charge on any atom is 0.180 e. The molecule has 0 aliphatic rings. The molecular weight excluding hydrogens is 269 g/mol. The first kappa shape index (κ1) is 11.9. The van der Waals surface area contributed by atoms with Crippen LogP contribution in [0.5, 0.6) is 11.5 Å². The fourth-order valence-corrected chi connectivity index (χ4v) is 1.71. The first-order valence-electron chi connectivity index (χ1n) is 4.06. The zero-order valence-electron chi connectivity index (χ0n) is 7.84. The van der Waals surface area contributed by atoms with E-state index in [9.17, 15) is 14.3 Å². The normalized spacial score (nSPS) is 10.3. The molecule has 1 aromatic rings. The molecule has 6 heteroatoms. The van der Waals surface area contributed by atoms with Crippen molar-refractivity contribution in [3.05, 3.63) is 21.9 Å². The summed E-state index contributed by atoms with van der Waals surface area (Å²) in [4.78, 5) is 11.4. The summed E-state index contributed by atoms with van der Waals surface area (Å²) in [6, 6.07) is 0.697. The standard InChI is InChI=1S/C9H9BrFNO3/c1-12-3-6(14)7-4(11)2-5(13)9(15)8(7)10/h2,12-13,15H,3H2,1H3. The number of ketones is 1. The fourth-order valence-electron chi connectivity index (χ4n) is 1.10. The van der Waals surface area contributed by atoms with E-state index < -0.39 is 23.1 Å². The minimum Gasteiger partial charge on any atom is -0.504 e. The van der Waals surface area contributed by atoms with Crippen LogP contribution in [0.3, 0.4) is 0 Å². The van der Waals surface area contributed by atoms with Crippen LogP contribution in [0.25, 0.3) is 0 Å². The van der Waals surface area contributed by atoms with Gasteiger partial charge in [-0.2, -0.15) is 0 Å². The van der Waals surface area contributed by atoms with Gasteiger partial charge in [-0.1, -0.05) is 0 Å². The molecule has 4 nitrogen and oxygen atoms in total. The summed E-state index contributed by atoms with van der Waals surface area (Å²) in [5.41, 5.74) is -0.278. The largest absolute Gasteiger partial charge is 0.504 e. The first-order chi connectivity index (χ1) is 6.99. The molecule has 0 unspecified atom stereocenters. The minimum absolute atomic E-state index is 0.0558. The SMILES string of the molecule is CNCC(=O)c1c(F)cc(O)c(O)c1Br. The van der Waals surface area contributed by atoms with E-state index in [1.54, 1.807) is 7.05 Å². The summed E-state index contributed by atoms with van der Waals surface area (Å²) in [5.74, 6) is -2.55. The molecule has 0 aromatic heterocycles. The van der Waals surface area contributed by atoms with Crippen LogP contribution in [0.1, 0.15) is 10.4 Å². The van der Waals surface area contributed by atoms with E-state index in [1.807, 2.05) is 0 Å². The van der Waals surface area contributed by atoms with Crippen LogP contribution in [-0.2, 0) is 0 Å². The third-order valence-electron chi connectivity index (χ3n) is 1.79. The molecule has 3 N–H and O–H groups in total. The van der Waals surface area contributed by atoms with Gasteiger partial charge >= 0.3 is 0 Å². The molecule has 82 valence electrons. The summed E-state index contributed by atoms with van der Waals surface area (Å²) in [6.07, 6.45) is 0. The average molecular weight is 278 g/mol. The van der Waals surface area contributed by atoms with E-state index in [-0.39, 0.29) is 16.6 Å². The Hall–Kier alpha value is -1.14. The highest BCUT2D eigenvalue weighted by molar-refractivity contribution is 9.10. The molecule has 0 bridgehead atoms. The van der Waals surface area contributed by atoms with Gasteiger partial charge in [0.25, 0.3) is 0 Å². The second-order valence-corrected chi connectivity index (χ2v) is 3.66. The van der Waals surface area contributed by atoms with Gasteiger partial charge in [0, 0.05) is 6.07 Å². The van der Waals surface area contributed by atoms with Crippen LogP contribution in [0, 0.1) is 5.82 Å². The van der Waals surface area contributed by atoms with Gasteiger partial charge in [-0.25, -0.2) is 4.39 Å². The number of phenols is 2. The smallest absolute Gasteiger partial charge is 0.180 e. The van der Waals surface area contributed by atoms with Crippen LogP contribution in [0.2, 0.25) is 0 Å². The number of benzene rings is 1. The molecule has 0 saturated heterocycles. The van der Waals surface area contributed by atoms with Crippen LogP contribution in [0.4, 0.5) is 4.39 Å². The molecule has 0 heterocycles. The number of phenolic OH excluding ortho intramolecular Hbond substituents is 2. The lowest BCUT2D eigenvalue weighted by atomic mass is 10.1. The van der Waals surface area contributed by atoms with Gasteiger partial charge in [0.05, 0.1) is 16.6 Å². The van der Waals surface area contributed by atoms with Crippen molar-refractivity contribution < 1.29 is 19.4 Å². The van der Waals surface area contributed by atoms with Crippen LogP contribution >= 0.6 is 15.9 Å². The number of rotatable bonds is 3. The Balaban J connectivity index is 3.29. The van der Waals surface area contributed by atoms with Gasteiger partial charge in [0.1, 0.15) is 5.82 Å². The van der Waals surface area contributed by atoms with E-state index in [1.165, 1.54) is 0 Å². The Labute approximate surface area is 93.9 Å². The Morgan fingerprint density at radius 1 is 1.60 bits per heavy atom. The molecule has 0 saturated carbocycles. The Bertz CT molecular complexity index is 409. The molecule has 0 radical (unpaired) electrons. The number of nitrogens with one attached hydrogen (secondary N) is 1. The van der Waals surface area contributed by atoms with Crippen LogP contribution in [-0.4, -0.2) is 29.6 Å². The quantitative estimate of drug-likeness (QED) is 0.577. The molecule has 0 atom stereocenters. The Morgan fingerprint density at radius 2 is 2.20 bits per heavy atom. The second kappa shape index (κ2) is 4.59. The van der Waals surface area contributed by atoms with Gasteiger partial charge in [-0.05, 0) is 23.0 Å². The summed E-state index contributed by atoms with van der Waals surface area (Å²) >= 11 is 2.85. The highest BCUT2D eigenvalue weighted by Crippen LogP contribution is 2.37. The number of carbonyl (C=O) groups excluding carboxylic acids is 1. The fraction of sp³-hybridized carbons (Fsp3) is 0.222. The summed E-state index contributed by atoms with van der Waals surface area (Å²) < 4.78 is 13.2. The van der Waals surface area contributed by atoms with Crippen molar-refractivity contribution in [2.45, 2.75) is 0 Å². The topological polar surface area (TPSA) is 69.6 Å². The average Bonchev–Trinajstić information content (AvgIpc) is 2.15. The van der Waals surface area contributed by atoms with Gasteiger partial charge < -0.3 is 15.5 Å². The van der Waals surface area contributed by atoms with E-state index in [0.717, 1.165) is 0 Å². The lowest BCUT2D eigenvalue weighted by Crippen LogP contribution is -2.20. The number of halogens is 2. The number of aromatic hydroxyl groups is 2. The van der Waals surface area contributed by atoms with Gasteiger partial charge in [-0.3, -0.25) is 4.79 Å². The number of likely N-dealkylation sites (N-methyl/N-ethyl adjacent to an activating group) is 1. The molecule has 0 spiro atoms. The molecular formula is C9H9BrFNO3. The van der Waals surface area contributed by atoms with Crippen molar-refractivity contribution in [2.75, 3.05) is 13.6 Å². The highest BCUT2D eigenvalue weighted by atomic mass is 79.9. The molecule has 1 aromatic carbocycles. The molecule has 0 aliphatic carbocycles. The van der Waals surface area contributed by atoms with Crippen molar-refractivity contribution in [3.63, 3.8) is 0 Å². The van der Waals surface area contributed by atoms with Crippen LogP contribution < -0.4 is 5.32 Å². The van der Waals surface area contributed by atoms with Crippen molar-refractivity contribution in [1.29, 1.82) is 0 Å². The number of carbonyl (C=O) groups is 1. The molecule has 0 aliphatic heterocycles. The van der Waals surface area contributed by atoms with Crippen molar-refractivity contribution >= 4 is 21.7 Å². The zero-order chi connectivity index (χ0) is 11.6. The van der Waals surface area contributed by atoms with Crippen molar-refractivity contribution in [3.8, 4) is 11.5 Å². The number of hydrogen-bond acceptors (Lipinski definition) is 4. The number of Topliss-reactive ketones (excluding diaryl/α,β-unsaturated/α-hetero) is 1. The monoisotopic (exact) mass is 277 g/mol. The zero-order valence-corrected chi connectivity index (χ0v) is 9.43. The van der Waals surface area contributed by atoms with Crippen molar-refractivity contribution in [1.82, 2.24) is 5.32 Å². The molecule has 0 fully saturated rings. The Morgan fingerprint density at radius 3 is 2.73 bits per heavy atom. The maximum absolute atomic E-state index is 13.3. The predicted octanol–water partition coefficient (Wildman–Crippen LogP) is 1.40. The van der Waals surface area contributed by atoms with E-state index >= 15 is 0 Å². The van der Waals surface area contributed by atoms with E-state index in [4.69, 9.17) is 5.11 Å². The highest BCUT2D eigenvalue weighted by Gasteiger charge is 2.20. The minimum atomic E-state index is -0.877. The summed E-state index contributed by atoms with van der Waals surface area (Å²) in [6.45, 7) is -0.0558. The second-order valence-electron chi connectivity index (χ2n) is 2.87.